The summed E-state index contributed by atoms with van der Waals surface area (Å²) < 4.78 is 42.5. The van der Waals surface area contributed by atoms with Gasteiger partial charge in [-0.2, -0.15) is 18.4 Å². The Bertz CT molecular complexity index is 932. The summed E-state index contributed by atoms with van der Waals surface area (Å²) in [6.07, 6.45) is -4.57. The molecular formula is C24H29F3N4O. The number of benzene rings is 2. The molecule has 0 aliphatic rings. The molecule has 0 heterocycles. The molecule has 2 rings (SSSR count). The number of nitrogens with two attached hydrogens (primary N) is 1. The summed E-state index contributed by atoms with van der Waals surface area (Å²) >= 11 is 0. The first-order chi connectivity index (χ1) is 15.0. The number of primary amides is 1. The van der Waals surface area contributed by atoms with Crippen molar-refractivity contribution >= 4 is 11.6 Å². The molecule has 0 aliphatic heterocycles. The molecule has 0 bridgehead atoms. The van der Waals surface area contributed by atoms with E-state index in [1.54, 1.807) is 32.0 Å². The smallest absolute Gasteiger partial charge is 0.378 e. The number of anilines is 1. The molecule has 0 aromatic heterocycles. The molecule has 2 aromatic rings. The van der Waals surface area contributed by atoms with Crippen molar-refractivity contribution < 1.29 is 18.0 Å². The van der Waals surface area contributed by atoms with Gasteiger partial charge in [0.05, 0.1) is 18.7 Å². The number of carbonyl (C=O) groups is 1. The van der Waals surface area contributed by atoms with Gasteiger partial charge < -0.3 is 10.6 Å². The van der Waals surface area contributed by atoms with Crippen LogP contribution in [0, 0.1) is 17.2 Å². The van der Waals surface area contributed by atoms with Crippen molar-refractivity contribution in [2.45, 2.75) is 38.5 Å². The number of amides is 1. The summed E-state index contributed by atoms with van der Waals surface area (Å²) in [6.45, 7) is 3.01. The second-order valence-corrected chi connectivity index (χ2v) is 8.39. The van der Waals surface area contributed by atoms with Crippen LogP contribution in [0.15, 0.2) is 48.5 Å². The average molecular weight is 447 g/mol. The van der Waals surface area contributed by atoms with E-state index >= 15 is 0 Å². The van der Waals surface area contributed by atoms with Crippen molar-refractivity contribution in [3.8, 4) is 17.2 Å². The Balaban J connectivity index is 2.45. The van der Waals surface area contributed by atoms with Gasteiger partial charge in [-0.25, -0.2) is 0 Å². The molecule has 0 fully saturated rings. The lowest BCUT2D eigenvalue weighted by atomic mass is 9.95. The minimum Gasteiger partial charge on any atom is -0.378 e. The monoisotopic (exact) mass is 446 g/mol. The van der Waals surface area contributed by atoms with Gasteiger partial charge in [-0.15, -0.1) is 0 Å². The first kappa shape index (κ1) is 25.2. The van der Waals surface area contributed by atoms with E-state index in [1.165, 1.54) is 12.1 Å². The molecule has 5 nitrogen and oxygen atoms in total. The lowest BCUT2D eigenvalue weighted by Gasteiger charge is -2.37. The van der Waals surface area contributed by atoms with Gasteiger partial charge in [-0.1, -0.05) is 50.2 Å². The lowest BCUT2D eigenvalue weighted by molar-refractivity contribution is -0.192. The van der Waals surface area contributed by atoms with Crippen LogP contribution in [0.25, 0.3) is 11.1 Å². The molecule has 1 amide bonds. The second-order valence-electron chi connectivity index (χ2n) is 8.39. The quantitative estimate of drug-likeness (QED) is 0.564. The van der Waals surface area contributed by atoms with Crippen LogP contribution >= 0.6 is 0 Å². The number of nitrogens with zero attached hydrogens (tertiary/aromatic N) is 3. The molecule has 32 heavy (non-hydrogen) atoms. The van der Waals surface area contributed by atoms with Crippen LogP contribution in [-0.2, 0) is 4.79 Å². The molecule has 0 saturated carbocycles. The number of halogens is 3. The zero-order chi connectivity index (χ0) is 24.1. The van der Waals surface area contributed by atoms with Gasteiger partial charge in [0.15, 0.2) is 0 Å². The number of carbonyl (C=O) groups excluding carboxylic acids is 1. The number of hydrogen-bond acceptors (Lipinski definition) is 4. The predicted octanol–water partition coefficient (Wildman–Crippen LogP) is 4.75. The fraction of sp³-hybridized carbons (Fsp3) is 0.417. The van der Waals surface area contributed by atoms with Crippen molar-refractivity contribution in [2.24, 2.45) is 11.7 Å². The molecule has 0 aliphatic carbocycles. The standard InChI is InChI=1S/C24H29F3N4O/c1-16(2)15-21(23(29)32)31(14-13-28)22(24(25,26)27)19-7-5-17(6-8-19)18-9-11-20(12-10-18)30(3)4/h5-12,16,21-22H,14-15H2,1-4H3,(H2,29,32)/t21-,22?/m0/s1. The van der Waals surface area contributed by atoms with Crippen molar-refractivity contribution in [3.63, 3.8) is 0 Å². The van der Waals surface area contributed by atoms with Gasteiger partial charge >= 0.3 is 6.18 Å². The van der Waals surface area contributed by atoms with Crippen LogP contribution in [0.2, 0.25) is 0 Å². The Morgan fingerprint density at radius 1 is 1.03 bits per heavy atom. The van der Waals surface area contributed by atoms with Crippen molar-refractivity contribution in [3.05, 3.63) is 54.1 Å². The maximum atomic E-state index is 14.2. The Kier molecular flexibility index (Phi) is 8.28. The Labute approximate surface area is 187 Å². The van der Waals surface area contributed by atoms with Gasteiger partial charge in [0, 0.05) is 19.8 Å². The molecule has 2 atom stereocenters. The highest BCUT2D eigenvalue weighted by Gasteiger charge is 2.47. The van der Waals surface area contributed by atoms with Crippen LogP contribution < -0.4 is 10.6 Å². The summed E-state index contributed by atoms with van der Waals surface area (Å²) in [4.78, 5) is 14.8. The first-order valence-corrected chi connectivity index (χ1v) is 10.3. The Morgan fingerprint density at radius 3 is 1.91 bits per heavy atom. The maximum Gasteiger partial charge on any atom is 0.408 e. The summed E-state index contributed by atoms with van der Waals surface area (Å²) in [5, 5.41) is 9.20. The fourth-order valence-corrected chi connectivity index (χ4v) is 3.70. The number of nitriles is 1. The number of alkyl halides is 3. The molecular weight excluding hydrogens is 417 g/mol. The van der Waals surface area contributed by atoms with E-state index in [0.717, 1.165) is 21.7 Å². The van der Waals surface area contributed by atoms with Gasteiger partial charge in [-0.3, -0.25) is 9.69 Å². The minimum absolute atomic E-state index is 0.0450. The average Bonchev–Trinajstić information content (AvgIpc) is 2.71. The molecule has 0 spiro atoms. The van der Waals surface area contributed by atoms with Crippen LogP contribution in [0.5, 0.6) is 0 Å². The fourth-order valence-electron chi connectivity index (χ4n) is 3.70. The highest BCUT2D eigenvalue weighted by atomic mass is 19.4. The van der Waals surface area contributed by atoms with E-state index in [2.05, 4.69) is 0 Å². The molecule has 0 saturated heterocycles. The third kappa shape index (κ3) is 6.24. The van der Waals surface area contributed by atoms with E-state index in [9.17, 15) is 23.2 Å². The largest absolute Gasteiger partial charge is 0.408 e. The van der Waals surface area contributed by atoms with Crippen LogP contribution in [0.4, 0.5) is 18.9 Å². The van der Waals surface area contributed by atoms with Gasteiger partial charge in [0.1, 0.15) is 6.04 Å². The zero-order valence-corrected chi connectivity index (χ0v) is 18.7. The van der Waals surface area contributed by atoms with E-state index in [1.807, 2.05) is 43.3 Å². The summed E-state index contributed by atoms with van der Waals surface area (Å²) in [5.41, 5.74) is 8.05. The van der Waals surface area contributed by atoms with Gasteiger partial charge in [-0.05, 0) is 41.2 Å². The van der Waals surface area contributed by atoms with Gasteiger partial charge in [0.2, 0.25) is 5.91 Å². The van der Waals surface area contributed by atoms with E-state index in [-0.39, 0.29) is 17.9 Å². The molecule has 2 N–H and O–H groups in total. The van der Waals surface area contributed by atoms with E-state index < -0.39 is 30.7 Å². The first-order valence-electron chi connectivity index (χ1n) is 10.3. The Hall–Kier alpha value is -3.05. The highest BCUT2D eigenvalue weighted by Crippen LogP contribution is 2.40. The Morgan fingerprint density at radius 2 is 1.53 bits per heavy atom. The summed E-state index contributed by atoms with van der Waals surface area (Å²) in [7, 11) is 3.85. The van der Waals surface area contributed by atoms with Crippen molar-refractivity contribution in [2.75, 3.05) is 25.5 Å². The molecule has 1 unspecified atom stereocenters. The molecule has 0 radical (unpaired) electrons. The summed E-state index contributed by atoms with van der Waals surface area (Å²) in [6, 6.07) is 12.1. The topological polar surface area (TPSA) is 73.4 Å². The highest BCUT2D eigenvalue weighted by molar-refractivity contribution is 5.80. The molecule has 8 heteroatoms. The zero-order valence-electron chi connectivity index (χ0n) is 18.7. The van der Waals surface area contributed by atoms with E-state index in [4.69, 9.17) is 5.73 Å². The minimum atomic E-state index is -4.70. The van der Waals surface area contributed by atoms with Crippen molar-refractivity contribution in [1.82, 2.24) is 4.90 Å². The third-order valence-electron chi connectivity index (χ3n) is 5.26. The molecule has 2 aromatic carbocycles. The number of rotatable bonds is 9. The lowest BCUT2D eigenvalue weighted by Crippen LogP contribution is -2.51. The van der Waals surface area contributed by atoms with Crippen LogP contribution in [0.3, 0.4) is 0 Å². The number of hydrogen-bond donors (Lipinski definition) is 1. The summed E-state index contributed by atoms with van der Waals surface area (Å²) in [5.74, 6) is -0.948. The van der Waals surface area contributed by atoms with Crippen LogP contribution in [-0.4, -0.2) is 43.7 Å². The van der Waals surface area contributed by atoms with E-state index in [0.29, 0.717) is 0 Å². The van der Waals surface area contributed by atoms with Crippen molar-refractivity contribution in [1.29, 1.82) is 5.26 Å². The van der Waals surface area contributed by atoms with Crippen LogP contribution in [0.1, 0.15) is 31.9 Å². The third-order valence-corrected chi connectivity index (χ3v) is 5.26. The van der Waals surface area contributed by atoms with Gasteiger partial charge in [0.25, 0.3) is 0 Å². The second kappa shape index (κ2) is 10.5. The SMILES string of the molecule is CC(C)C[C@@H](C(N)=O)N(CC#N)C(c1ccc(-c2ccc(N(C)C)cc2)cc1)C(F)(F)F. The predicted molar refractivity (Wildman–Crippen MR) is 120 cm³/mol. The molecule has 172 valence electrons. The normalized spacial score (nSPS) is 13.6. The maximum absolute atomic E-state index is 14.2.